The van der Waals surface area contributed by atoms with Crippen LogP contribution in [-0.4, -0.2) is 25.5 Å². The Morgan fingerprint density at radius 3 is 2.21 bits per heavy atom. The van der Waals surface area contributed by atoms with Crippen molar-refractivity contribution in [2.45, 2.75) is 4.90 Å². The summed E-state index contributed by atoms with van der Waals surface area (Å²) in [5.74, 6) is 1.14. The first-order valence-electron chi connectivity index (χ1n) is 3.91. The molecule has 14 heavy (non-hydrogen) atoms. The van der Waals surface area contributed by atoms with Crippen LogP contribution in [-0.2, 0) is 15.3 Å². The molecule has 0 aliphatic heterocycles. The van der Waals surface area contributed by atoms with Gasteiger partial charge in [-0.3, -0.25) is 4.18 Å². The first-order valence-corrected chi connectivity index (χ1v) is 4.98. The lowest BCUT2D eigenvalue weighted by Crippen LogP contribution is -1.96. The van der Waals surface area contributed by atoms with Crippen molar-refractivity contribution in [1.82, 2.24) is 0 Å². The predicted octanol–water partition coefficient (Wildman–Crippen LogP) is 1.37. The van der Waals surface area contributed by atoms with Crippen LogP contribution >= 0.6 is 0 Å². The van der Waals surface area contributed by atoms with E-state index in [0.29, 0.717) is 16.4 Å². The molecule has 0 aromatic heterocycles. The van der Waals surface area contributed by atoms with E-state index in [2.05, 4.69) is 4.18 Å². The maximum absolute atomic E-state index is 11.3. The SMILES string of the molecule is COc1ccc(S(=O)OC)cc1OC. The molecule has 1 atom stereocenters. The van der Waals surface area contributed by atoms with E-state index in [9.17, 15) is 4.21 Å². The summed E-state index contributed by atoms with van der Waals surface area (Å²) < 4.78 is 26.1. The largest absolute Gasteiger partial charge is 0.493 e. The van der Waals surface area contributed by atoms with Crippen LogP contribution in [0.3, 0.4) is 0 Å². The van der Waals surface area contributed by atoms with Gasteiger partial charge in [0, 0.05) is 6.07 Å². The van der Waals surface area contributed by atoms with Crippen molar-refractivity contribution in [2.24, 2.45) is 0 Å². The van der Waals surface area contributed by atoms with Crippen molar-refractivity contribution in [2.75, 3.05) is 21.3 Å². The van der Waals surface area contributed by atoms with E-state index in [-0.39, 0.29) is 0 Å². The second-order valence-corrected chi connectivity index (χ2v) is 3.69. The lowest BCUT2D eigenvalue weighted by molar-refractivity contribution is 0.353. The molecule has 0 aliphatic rings. The van der Waals surface area contributed by atoms with Crippen molar-refractivity contribution in [3.05, 3.63) is 18.2 Å². The molecule has 0 amide bonds. The highest BCUT2D eigenvalue weighted by Crippen LogP contribution is 2.28. The molecule has 78 valence electrons. The normalized spacial score (nSPS) is 12.2. The third-order valence-corrected chi connectivity index (χ3v) is 2.64. The van der Waals surface area contributed by atoms with E-state index in [1.54, 1.807) is 25.3 Å². The lowest BCUT2D eigenvalue weighted by atomic mass is 10.3. The summed E-state index contributed by atoms with van der Waals surface area (Å²) in [6, 6.07) is 4.98. The second kappa shape index (κ2) is 4.97. The van der Waals surface area contributed by atoms with Gasteiger partial charge in [-0.15, -0.1) is 0 Å². The van der Waals surface area contributed by atoms with Crippen LogP contribution < -0.4 is 9.47 Å². The summed E-state index contributed by atoms with van der Waals surface area (Å²) in [6.07, 6.45) is 0. The molecule has 0 fully saturated rings. The van der Waals surface area contributed by atoms with E-state index in [1.165, 1.54) is 14.2 Å². The first kappa shape index (κ1) is 11.0. The van der Waals surface area contributed by atoms with Gasteiger partial charge in [0.05, 0.1) is 26.2 Å². The Bertz CT molecular complexity index is 338. The fourth-order valence-electron chi connectivity index (χ4n) is 1.02. The van der Waals surface area contributed by atoms with Gasteiger partial charge in [0.1, 0.15) is 0 Å². The van der Waals surface area contributed by atoms with E-state index in [0.717, 1.165) is 0 Å². The molecule has 0 N–H and O–H groups in total. The highest BCUT2D eigenvalue weighted by molar-refractivity contribution is 7.80. The Labute approximate surface area is 85.5 Å². The lowest BCUT2D eigenvalue weighted by Gasteiger charge is -2.08. The van der Waals surface area contributed by atoms with E-state index in [1.807, 2.05) is 0 Å². The molecule has 1 rings (SSSR count). The van der Waals surface area contributed by atoms with Crippen molar-refractivity contribution in [1.29, 1.82) is 0 Å². The minimum atomic E-state index is -1.45. The zero-order valence-electron chi connectivity index (χ0n) is 8.27. The summed E-state index contributed by atoms with van der Waals surface area (Å²) in [5.41, 5.74) is 0. The van der Waals surface area contributed by atoms with Crippen LogP contribution in [0.5, 0.6) is 11.5 Å². The zero-order valence-corrected chi connectivity index (χ0v) is 9.09. The van der Waals surface area contributed by atoms with Crippen LogP contribution in [0.15, 0.2) is 23.1 Å². The number of ether oxygens (including phenoxy) is 2. The maximum Gasteiger partial charge on any atom is 0.189 e. The minimum absolute atomic E-state index is 0.537. The zero-order chi connectivity index (χ0) is 10.6. The fraction of sp³-hybridized carbons (Fsp3) is 0.333. The highest BCUT2D eigenvalue weighted by Gasteiger charge is 2.08. The summed E-state index contributed by atoms with van der Waals surface area (Å²) in [6.45, 7) is 0. The standard InChI is InChI=1S/C9H12O4S/c1-11-8-5-4-7(14(10)13-3)6-9(8)12-2/h4-6H,1-3H3. The van der Waals surface area contributed by atoms with Crippen LogP contribution in [0.2, 0.25) is 0 Å². The third kappa shape index (κ3) is 2.24. The van der Waals surface area contributed by atoms with Gasteiger partial charge in [0.15, 0.2) is 22.6 Å². The molecule has 0 heterocycles. The molecular formula is C9H12O4S. The monoisotopic (exact) mass is 216 g/mol. The van der Waals surface area contributed by atoms with Gasteiger partial charge in [-0.2, -0.15) is 0 Å². The summed E-state index contributed by atoms with van der Waals surface area (Å²) in [7, 11) is 4.45. The number of benzene rings is 1. The Kier molecular flexibility index (Phi) is 3.91. The fourth-order valence-corrected chi connectivity index (χ4v) is 1.59. The van der Waals surface area contributed by atoms with Crippen molar-refractivity contribution in [3.63, 3.8) is 0 Å². The number of methoxy groups -OCH3 is 2. The minimum Gasteiger partial charge on any atom is -0.493 e. The molecule has 0 spiro atoms. The number of hydrogen-bond donors (Lipinski definition) is 0. The van der Waals surface area contributed by atoms with E-state index < -0.39 is 11.1 Å². The second-order valence-electron chi connectivity index (χ2n) is 2.42. The molecule has 4 nitrogen and oxygen atoms in total. The molecule has 1 aromatic rings. The molecule has 0 saturated heterocycles. The molecule has 0 aliphatic carbocycles. The molecule has 0 bridgehead atoms. The van der Waals surface area contributed by atoms with Gasteiger partial charge in [-0.05, 0) is 12.1 Å². The van der Waals surface area contributed by atoms with Crippen molar-refractivity contribution < 1.29 is 17.9 Å². The van der Waals surface area contributed by atoms with E-state index in [4.69, 9.17) is 9.47 Å². The quantitative estimate of drug-likeness (QED) is 0.762. The van der Waals surface area contributed by atoms with Gasteiger partial charge in [-0.25, -0.2) is 4.21 Å². The van der Waals surface area contributed by atoms with Crippen molar-refractivity contribution >= 4 is 11.1 Å². The Balaban J connectivity index is 3.07. The Hall–Kier alpha value is -1.07. The summed E-state index contributed by atoms with van der Waals surface area (Å²) in [5, 5.41) is 0. The van der Waals surface area contributed by atoms with E-state index >= 15 is 0 Å². The molecule has 1 aromatic carbocycles. The average molecular weight is 216 g/mol. The van der Waals surface area contributed by atoms with Gasteiger partial charge in [0.2, 0.25) is 0 Å². The number of hydrogen-bond acceptors (Lipinski definition) is 4. The Morgan fingerprint density at radius 1 is 1.07 bits per heavy atom. The van der Waals surface area contributed by atoms with Crippen molar-refractivity contribution in [3.8, 4) is 11.5 Å². The van der Waals surface area contributed by atoms with Gasteiger partial charge in [0.25, 0.3) is 0 Å². The van der Waals surface area contributed by atoms with Gasteiger partial charge in [-0.1, -0.05) is 0 Å². The number of rotatable bonds is 4. The highest BCUT2D eigenvalue weighted by atomic mass is 32.2. The van der Waals surface area contributed by atoms with Gasteiger partial charge < -0.3 is 9.47 Å². The molecule has 0 saturated carbocycles. The summed E-state index contributed by atoms with van der Waals surface area (Å²) in [4.78, 5) is 0.546. The maximum atomic E-state index is 11.3. The van der Waals surface area contributed by atoms with Crippen LogP contribution in [0.1, 0.15) is 0 Å². The van der Waals surface area contributed by atoms with Crippen LogP contribution in [0.4, 0.5) is 0 Å². The molecule has 0 radical (unpaired) electrons. The molecule has 5 heteroatoms. The molecular weight excluding hydrogens is 204 g/mol. The van der Waals surface area contributed by atoms with Gasteiger partial charge >= 0.3 is 0 Å². The van der Waals surface area contributed by atoms with Crippen LogP contribution in [0.25, 0.3) is 0 Å². The molecule has 1 unspecified atom stereocenters. The smallest absolute Gasteiger partial charge is 0.189 e. The predicted molar refractivity (Wildman–Crippen MR) is 53.0 cm³/mol. The topological polar surface area (TPSA) is 44.8 Å². The first-order chi connectivity index (χ1) is 6.72. The Morgan fingerprint density at radius 2 is 1.71 bits per heavy atom. The van der Waals surface area contributed by atoms with Crippen LogP contribution in [0, 0.1) is 0 Å². The third-order valence-electron chi connectivity index (χ3n) is 1.70. The summed E-state index contributed by atoms with van der Waals surface area (Å²) >= 11 is -1.45. The average Bonchev–Trinajstić information content (AvgIpc) is 2.26.